The van der Waals surface area contributed by atoms with Crippen molar-refractivity contribution in [2.45, 2.75) is 38.1 Å². The Kier molecular flexibility index (Phi) is 4.19. The van der Waals surface area contributed by atoms with Crippen LogP contribution in [-0.2, 0) is 10.9 Å². The topological polar surface area (TPSA) is 45.0 Å². The number of nitriles is 1. The summed E-state index contributed by atoms with van der Waals surface area (Å²) in [7, 11) is 0. The average molecular weight is 284 g/mol. The first-order valence-electron chi connectivity index (χ1n) is 6.39. The van der Waals surface area contributed by atoms with Crippen LogP contribution in [0.15, 0.2) is 18.2 Å². The van der Waals surface area contributed by atoms with E-state index in [4.69, 9.17) is 10.00 Å². The van der Waals surface area contributed by atoms with Crippen molar-refractivity contribution in [1.29, 1.82) is 5.26 Å². The molecule has 1 fully saturated rings. The van der Waals surface area contributed by atoms with E-state index < -0.39 is 11.7 Å². The number of alkyl halides is 3. The number of nitrogens with zero attached hydrogens (tertiary/aromatic N) is 1. The summed E-state index contributed by atoms with van der Waals surface area (Å²) < 4.78 is 43.5. The molecule has 1 aromatic rings. The van der Waals surface area contributed by atoms with E-state index in [1.807, 2.05) is 6.92 Å². The van der Waals surface area contributed by atoms with Gasteiger partial charge < -0.3 is 10.1 Å². The Morgan fingerprint density at radius 1 is 1.40 bits per heavy atom. The van der Waals surface area contributed by atoms with Gasteiger partial charge in [0.15, 0.2) is 0 Å². The molecule has 6 heteroatoms. The number of anilines is 1. The van der Waals surface area contributed by atoms with Crippen molar-refractivity contribution in [2.24, 2.45) is 0 Å². The average Bonchev–Trinajstić information content (AvgIpc) is 2.37. The number of benzene rings is 1. The third-order valence-corrected chi connectivity index (χ3v) is 3.30. The molecule has 2 atom stereocenters. The van der Waals surface area contributed by atoms with Crippen LogP contribution in [0.2, 0.25) is 0 Å². The van der Waals surface area contributed by atoms with E-state index in [0.717, 1.165) is 18.9 Å². The fourth-order valence-electron chi connectivity index (χ4n) is 2.34. The maximum Gasteiger partial charge on any atom is 0.417 e. The molecule has 1 N–H and O–H groups in total. The van der Waals surface area contributed by atoms with Crippen molar-refractivity contribution in [3.63, 3.8) is 0 Å². The molecule has 0 radical (unpaired) electrons. The lowest BCUT2D eigenvalue weighted by atomic mass is 10.0. The fourth-order valence-corrected chi connectivity index (χ4v) is 2.34. The van der Waals surface area contributed by atoms with Crippen molar-refractivity contribution < 1.29 is 17.9 Å². The minimum Gasteiger partial charge on any atom is -0.382 e. The highest BCUT2D eigenvalue weighted by molar-refractivity contribution is 5.54. The van der Waals surface area contributed by atoms with Crippen LogP contribution in [0.25, 0.3) is 0 Å². The van der Waals surface area contributed by atoms with E-state index in [-0.39, 0.29) is 17.7 Å². The molecule has 2 rings (SSSR count). The van der Waals surface area contributed by atoms with Crippen LogP contribution in [0, 0.1) is 11.3 Å². The number of ether oxygens (including phenoxy) is 1. The predicted octanol–water partition coefficient (Wildman–Crippen LogP) is 3.56. The van der Waals surface area contributed by atoms with Crippen molar-refractivity contribution in [3.8, 4) is 6.07 Å². The molecule has 0 spiro atoms. The monoisotopic (exact) mass is 284 g/mol. The predicted molar refractivity (Wildman–Crippen MR) is 68.2 cm³/mol. The second kappa shape index (κ2) is 5.71. The molecule has 2 unspecified atom stereocenters. The lowest BCUT2D eigenvalue weighted by Gasteiger charge is -2.28. The molecule has 1 aliphatic heterocycles. The first-order valence-corrected chi connectivity index (χ1v) is 6.39. The van der Waals surface area contributed by atoms with Gasteiger partial charge in [-0.1, -0.05) is 0 Å². The number of hydrogen-bond donors (Lipinski definition) is 1. The fraction of sp³-hybridized carbons (Fsp3) is 0.500. The second-order valence-electron chi connectivity index (χ2n) is 4.92. The zero-order valence-corrected chi connectivity index (χ0v) is 11.0. The maximum absolute atomic E-state index is 12.7. The quantitative estimate of drug-likeness (QED) is 0.903. The van der Waals surface area contributed by atoms with Crippen molar-refractivity contribution in [1.82, 2.24) is 0 Å². The highest BCUT2D eigenvalue weighted by Crippen LogP contribution is 2.33. The van der Waals surface area contributed by atoms with Crippen molar-refractivity contribution in [3.05, 3.63) is 29.3 Å². The molecule has 3 nitrogen and oxygen atoms in total. The van der Waals surface area contributed by atoms with Crippen LogP contribution in [0.5, 0.6) is 0 Å². The van der Waals surface area contributed by atoms with Gasteiger partial charge in [0.25, 0.3) is 0 Å². The summed E-state index contributed by atoms with van der Waals surface area (Å²) in [5.41, 5.74) is -0.720. The summed E-state index contributed by atoms with van der Waals surface area (Å²) in [5.74, 6) is 0. The molecule has 0 bridgehead atoms. The van der Waals surface area contributed by atoms with E-state index in [0.29, 0.717) is 12.3 Å². The molecule has 0 amide bonds. The van der Waals surface area contributed by atoms with E-state index in [9.17, 15) is 13.2 Å². The highest BCUT2D eigenvalue weighted by Gasteiger charge is 2.33. The summed E-state index contributed by atoms with van der Waals surface area (Å²) in [6.45, 7) is 2.59. The molecular weight excluding hydrogens is 269 g/mol. The molecule has 1 saturated heterocycles. The van der Waals surface area contributed by atoms with Crippen LogP contribution in [0.1, 0.15) is 30.9 Å². The number of nitrogens with one attached hydrogen (secondary N) is 1. The molecule has 0 aromatic heterocycles. The van der Waals surface area contributed by atoms with Crippen LogP contribution in [0.4, 0.5) is 18.9 Å². The van der Waals surface area contributed by atoms with Gasteiger partial charge >= 0.3 is 6.18 Å². The normalized spacial score (nSPS) is 23.1. The van der Waals surface area contributed by atoms with Gasteiger partial charge in [-0.2, -0.15) is 18.4 Å². The summed E-state index contributed by atoms with van der Waals surface area (Å²) >= 11 is 0. The Morgan fingerprint density at radius 2 is 2.15 bits per heavy atom. The van der Waals surface area contributed by atoms with E-state index in [1.54, 1.807) is 6.07 Å². The Balaban J connectivity index is 2.16. The molecule has 108 valence electrons. The van der Waals surface area contributed by atoms with Crippen LogP contribution >= 0.6 is 0 Å². The van der Waals surface area contributed by atoms with Gasteiger partial charge in [0, 0.05) is 18.3 Å². The molecule has 0 saturated carbocycles. The Labute approximate surface area is 115 Å². The third kappa shape index (κ3) is 3.42. The molecule has 1 aliphatic rings. The Hall–Kier alpha value is -1.74. The number of halogens is 3. The summed E-state index contributed by atoms with van der Waals surface area (Å²) in [4.78, 5) is 0. The Morgan fingerprint density at radius 3 is 2.75 bits per heavy atom. The minimum absolute atomic E-state index is 0.131. The number of hydrogen-bond acceptors (Lipinski definition) is 3. The van der Waals surface area contributed by atoms with Crippen LogP contribution < -0.4 is 5.32 Å². The van der Waals surface area contributed by atoms with Crippen molar-refractivity contribution >= 4 is 5.69 Å². The van der Waals surface area contributed by atoms with Crippen molar-refractivity contribution in [2.75, 3.05) is 11.9 Å². The summed E-state index contributed by atoms with van der Waals surface area (Å²) in [6, 6.07) is 5.32. The van der Waals surface area contributed by atoms with Gasteiger partial charge in [-0.3, -0.25) is 0 Å². The first kappa shape index (κ1) is 14.7. The molecular formula is C14H15F3N2O. The zero-order chi connectivity index (χ0) is 14.8. The Bertz CT molecular complexity index is 522. The minimum atomic E-state index is -4.50. The largest absolute Gasteiger partial charge is 0.417 e. The summed E-state index contributed by atoms with van der Waals surface area (Å²) in [5, 5.41) is 12.0. The first-order chi connectivity index (χ1) is 9.40. The van der Waals surface area contributed by atoms with E-state index in [2.05, 4.69) is 5.32 Å². The second-order valence-corrected chi connectivity index (χ2v) is 4.92. The van der Waals surface area contributed by atoms with Gasteiger partial charge in [0.05, 0.1) is 23.3 Å². The molecule has 0 aliphatic carbocycles. The lowest BCUT2D eigenvalue weighted by Crippen LogP contribution is -2.32. The zero-order valence-electron chi connectivity index (χ0n) is 11.0. The molecule has 1 aromatic carbocycles. The smallest absolute Gasteiger partial charge is 0.382 e. The molecule has 20 heavy (non-hydrogen) atoms. The highest BCUT2D eigenvalue weighted by atomic mass is 19.4. The maximum atomic E-state index is 12.7. The van der Waals surface area contributed by atoms with Gasteiger partial charge in [-0.15, -0.1) is 0 Å². The SMILES string of the molecule is CC1CC(Nc2ccc(C(F)(F)F)c(C#N)c2)CCO1. The van der Waals surface area contributed by atoms with Gasteiger partial charge in [-0.25, -0.2) is 0 Å². The van der Waals surface area contributed by atoms with E-state index >= 15 is 0 Å². The van der Waals surface area contributed by atoms with Gasteiger partial charge in [-0.05, 0) is 38.0 Å². The van der Waals surface area contributed by atoms with Crippen LogP contribution in [0.3, 0.4) is 0 Å². The molecule has 1 heterocycles. The third-order valence-electron chi connectivity index (χ3n) is 3.30. The number of rotatable bonds is 2. The standard InChI is InChI=1S/C14H15F3N2O/c1-9-6-12(4-5-20-9)19-11-2-3-13(14(15,16)17)10(7-11)8-18/h2-3,7,9,12,19H,4-6H2,1H3. The van der Waals surface area contributed by atoms with Crippen LogP contribution in [-0.4, -0.2) is 18.8 Å². The van der Waals surface area contributed by atoms with E-state index in [1.165, 1.54) is 12.1 Å². The van der Waals surface area contributed by atoms with Gasteiger partial charge in [0.2, 0.25) is 0 Å². The summed E-state index contributed by atoms with van der Waals surface area (Å²) in [6.07, 6.45) is -2.78. The van der Waals surface area contributed by atoms with Gasteiger partial charge in [0.1, 0.15) is 0 Å². The lowest BCUT2D eigenvalue weighted by molar-refractivity contribution is -0.137.